The molecule has 0 spiro atoms. The SMILES string of the molecule is Cc1noc(C)c1CCC(=O)Nc1cccc(-c2nc3ccccc3s2)c1. The molecule has 0 saturated heterocycles. The second-order valence-electron chi connectivity index (χ2n) is 6.42. The number of hydrogen-bond acceptors (Lipinski definition) is 5. The minimum Gasteiger partial charge on any atom is -0.361 e. The smallest absolute Gasteiger partial charge is 0.224 e. The average molecular weight is 377 g/mol. The summed E-state index contributed by atoms with van der Waals surface area (Å²) in [5, 5.41) is 7.85. The minimum absolute atomic E-state index is 0.0311. The number of aryl methyl sites for hydroxylation is 2. The fourth-order valence-electron chi connectivity index (χ4n) is 3.05. The molecule has 2 heterocycles. The molecule has 0 aliphatic heterocycles. The van der Waals surface area contributed by atoms with Crippen LogP contribution in [0.4, 0.5) is 5.69 Å². The van der Waals surface area contributed by atoms with Gasteiger partial charge in [0.25, 0.3) is 0 Å². The summed E-state index contributed by atoms with van der Waals surface area (Å²) in [7, 11) is 0. The number of benzene rings is 2. The molecule has 0 aliphatic rings. The van der Waals surface area contributed by atoms with Crippen molar-refractivity contribution >= 4 is 33.1 Å². The van der Waals surface area contributed by atoms with Crippen LogP contribution in [-0.2, 0) is 11.2 Å². The van der Waals surface area contributed by atoms with E-state index in [1.165, 1.54) is 0 Å². The number of nitrogens with one attached hydrogen (secondary N) is 1. The van der Waals surface area contributed by atoms with Gasteiger partial charge in [0.2, 0.25) is 5.91 Å². The highest BCUT2D eigenvalue weighted by Crippen LogP contribution is 2.31. The van der Waals surface area contributed by atoms with E-state index in [9.17, 15) is 4.79 Å². The van der Waals surface area contributed by atoms with Gasteiger partial charge in [-0.2, -0.15) is 0 Å². The molecular formula is C21H19N3O2S. The quantitative estimate of drug-likeness (QED) is 0.523. The fraction of sp³-hybridized carbons (Fsp3) is 0.190. The predicted octanol–water partition coefficient (Wildman–Crippen LogP) is 5.14. The molecule has 2 aromatic heterocycles. The molecule has 136 valence electrons. The number of hydrogen-bond donors (Lipinski definition) is 1. The van der Waals surface area contributed by atoms with E-state index in [2.05, 4.69) is 21.5 Å². The Kier molecular flexibility index (Phi) is 4.73. The van der Waals surface area contributed by atoms with Crippen LogP contribution in [0, 0.1) is 13.8 Å². The lowest BCUT2D eigenvalue weighted by Gasteiger charge is -2.06. The van der Waals surface area contributed by atoms with Crippen molar-refractivity contribution in [2.24, 2.45) is 0 Å². The number of anilines is 1. The third-order valence-corrected chi connectivity index (χ3v) is 5.56. The van der Waals surface area contributed by atoms with Gasteiger partial charge in [-0.25, -0.2) is 4.98 Å². The normalized spacial score (nSPS) is 11.0. The third-order valence-electron chi connectivity index (χ3n) is 4.47. The van der Waals surface area contributed by atoms with Crippen LogP contribution < -0.4 is 5.32 Å². The molecule has 6 heteroatoms. The molecule has 0 unspecified atom stereocenters. The third kappa shape index (κ3) is 3.75. The second kappa shape index (κ2) is 7.32. The van der Waals surface area contributed by atoms with E-state index in [-0.39, 0.29) is 5.91 Å². The van der Waals surface area contributed by atoms with Crippen LogP contribution in [0.15, 0.2) is 53.1 Å². The van der Waals surface area contributed by atoms with Crippen LogP contribution in [-0.4, -0.2) is 16.0 Å². The van der Waals surface area contributed by atoms with E-state index < -0.39 is 0 Å². The Morgan fingerprint density at radius 3 is 2.78 bits per heavy atom. The zero-order chi connectivity index (χ0) is 18.8. The van der Waals surface area contributed by atoms with Gasteiger partial charge in [0, 0.05) is 23.2 Å². The van der Waals surface area contributed by atoms with Gasteiger partial charge in [0.15, 0.2) is 0 Å². The first kappa shape index (κ1) is 17.4. The molecule has 4 aromatic rings. The maximum absolute atomic E-state index is 12.3. The monoisotopic (exact) mass is 377 g/mol. The molecule has 0 bridgehead atoms. The number of rotatable bonds is 5. The molecule has 0 aliphatic carbocycles. The Morgan fingerprint density at radius 1 is 1.15 bits per heavy atom. The predicted molar refractivity (Wildman–Crippen MR) is 108 cm³/mol. The van der Waals surface area contributed by atoms with E-state index in [0.29, 0.717) is 12.8 Å². The Morgan fingerprint density at radius 2 is 2.00 bits per heavy atom. The average Bonchev–Trinajstić information content (AvgIpc) is 3.24. The molecular weight excluding hydrogens is 358 g/mol. The van der Waals surface area contributed by atoms with Gasteiger partial charge >= 0.3 is 0 Å². The van der Waals surface area contributed by atoms with E-state index in [0.717, 1.165) is 43.5 Å². The van der Waals surface area contributed by atoms with Crippen molar-refractivity contribution in [2.45, 2.75) is 26.7 Å². The molecule has 2 aromatic carbocycles. The Balaban J connectivity index is 1.46. The van der Waals surface area contributed by atoms with E-state index >= 15 is 0 Å². The number of aromatic nitrogens is 2. The maximum Gasteiger partial charge on any atom is 0.224 e. The van der Waals surface area contributed by atoms with Crippen LogP contribution in [0.5, 0.6) is 0 Å². The molecule has 4 rings (SSSR count). The molecule has 0 saturated carbocycles. The number of amides is 1. The number of thiazole rings is 1. The summed E-state index contributed by atoms with van der Waals surface area (Å²) in [5.41, 5.74) is 4.62. The van der Waals surface area contributed by atoms with Gasteiger partial charge in [-0.3, -0.25) is 4.79 Å². The summed E-state index contributed by atoms with van der Waals surface area (Å²) < 4.78 is 6.30. The number of fused-ring (bicyclic) bond motifs is 1. The lowest BCUT2D eigenvalue weighted by molar-refractivity contribution is -0.116. The van der Waals surface area contributed by atoms with E-state index in [1.54, 1.807) is 11.3 Å². The van der Waals surface area contributed by atoms with Crippen LogP contribution in [0.25, 0.3) is 20.8 Å². The fourth-order valence-corrected chi connectivity index (χ4v) is 4.01. The highest BCUT2D eigenvalue weighted by molar-refractivity contribution is 7.21. The molecule has 0 radical (unpaired) electrons. The van der Waals surface area contributed by atoms with Gasteiger partial charge in [0.1, 0.15) is 10.8 Å². The van der Waals surface area contributed by atoms with Crippen LogP contribution in [0.1, 0.15) is 23.4 Å². The van der Waals surface area contributed by atoms with Crippen molar-refractivity contribution in [1.29, 1.82) is 0 Å². The summed E-state index contributed by atoms with van der Waals surface area (Å²) in [5.74, 6) is 0.745. The van der Waals surface area contributed by atoms with Crippen LogP contribution >= 0.6 is 11.3 Å². The Labute approximate surface area is 161 Å². The van der Waals surface area contributed by atoms with Gasteiger partial charge in [-0.15, -0.1) is 11.3 Å². The minimum atomic E-state index is -0.0311. The number of carbonyl (C=O) groups is 1. The summed E-state index contributed by atoms with van der Waals surface area (Å²) >= 11 is 1.65. The Hall–Kier alpha value is -2.99. The maximum atomic E-state index is 12.3. The van der Waals surface area contributed by atoms with E-state index in [4.69, 9.17) is 4.52 Å². The molecule has 1 amide bonds. The summed E-state index contributed by atoms with van der Waals surface area (Å²) in [6.07, 6.45) is 0.999. The first-order chi connectivity index (χ1) is 13.1. The van der Waals surface area contributed by atoms with Gasteiger partial charge < -0.3 is 9.84 Å². The van der Waals surface area contributed by atoms with Crippen LogP contribution in [0.3, 0.4) is 0 Å². The Bertz CT molecular complexity index is 1060. The summed E-state index contributed by atoms with van der Waals surface area (Å²) in [6.45, 7) is 3.76. The van der Waals surface area contributed by atoms with Crippen molar-refractivity contribution < 1.29 is 9.32 Å². The van der Waals surface area contributed by atoms with E-state index in [1.807, 2.05) is 56.3 Å². The first-order valence-corrected chi connectivity index (χ1v) is 9.59. The molecule has 0 atom stereocenters. The first-order valence-electron chi connectivity index (χ1n) is 8.78. The molecule has 1 N–H and O–H groups in total. The summed E-state index contributed by atoms with van der Waals surface area (Å²) in [6, 6.07) is 15.9. The van der Waals surface area contributed by atoms with Crippen molar-refractivity contribution in [1.82, 2.24) is 10.1 Å². The highest BCUT2D eigenvalue weighted by atomic mass is 32.1. The molecule has 0 fully saturated rings. The summed E-state index contributed by atoms with van der Waals surface area (Å²) in [4.78, 5) is 17.0. The molecule has 5 nitrogen and oxygen atoms in total. The second-order valence-corrected chi connectivity index (χ2v) is 7.45. The number of para-hydroxylation sites is 1. The van der Waals surface area contributed by atoms with Gasteiger partial charge in [0.05, 0.1) is 15.9 Å². The largest absolute Gasteiger partial charge is 0.361 e. The van der Waals surface area contributed by atoms with Crippen molar-refractivity contribution in [3.8, 4) is 10.6 Å². The van der Waals surface area contributed by atoms with Crippen molar-refractivity contribution in [2.75, 3.05) is 5.32 Å². The number of nitrogens with zero attached hydrogens (tertiary/aromatic N) is 2. The highest BCUT2D eigenvalue weighted by Gasteiger charge is 2.12. The van der Waals surface area contributed by atoms with Crippen molar-refractivity contribution in [3.05, 3.63) is 65.5 Å². The molecule has 27 heavy (non-hydrogen) atoms. The standard InChI is InChI=1S/C21H19N3O2S/c1-13-17(14(2)26-24-13)10-11-20(25)22-16-7-5-6-15(12-16)21-23-18-8-3-4-9-19(18)27-21/h3-9,12H,10-11H2,1-2H3,(H,22,25). The lowest BCUT2D eigenvalue weighted by atomic mass is 10.1. The van der Waals surface area contributed by atoms with Crippen LogP contribution in [0.2, 0.25) is 0 Å². The van der Waals surface area contributed by atoms with Crippen molar-refractivity contribution in [3.63, 3.8) is 0 Å². The van der Waals surface area contributed by atoms with Gasteiger partial charge in [-0.1, -0.05) is 29.4 Å². The lowest BCUT2D eigenvalue weighted by Crippen LogP contribution is -2.12. The number of carbonyl (C=O) groups excluding carboxylic acids is 1. The zero-order valence-electron chi connectivity index (χ0n) is 15.2. The zero-order valence-corrected chi connectivity index (χ0v) is 16.0. The topological polar surface area (TPSA) is 68.0 Å². The van der Waals surface area contributed by atoms with Gasteiger partial charge in [-0.05, 0) is 44.5 Å².